The van der Waals surface area contributed by atoms with Crippen molar-refractivity contribution in [3.05, 3.63) is 70.4 Å². The topological polar surface area (TPSA) is 72.9 Å². The summed E-state index contributed by atoms with van der Waals surface area (Å²) in [4.78, 5) is 28.6. The molecule has 0 aliphatic carbocycles. The van der Waals surface area contributed by atoms with Gasteiger partial charge in [0, 0.05) is 17.8 Å². The molecule has 26 heavy (non-hydrogen) atoms. The molecule has 132 valence electrons. The normalized spacial score (nSPS) is 19.7. The van der Waals surface area contributed by atoms with Crippen LogP contribution in [0.2, 0.25) is 5.02 Å². The quantitative estimate of drug-likeness (QED) is 0.854. The molecule has 6 nitrogen and oxygen atoms in total. The Morgan fingerprint density at radius 2 is 1.73 bits per heavy atom. The lowest BCUT2D eigenvalue weighted by molar-refractivity contribution is -0.114. The Morgan fingerprint density at radius 3 is 2.38 bits per heavy atom. The van der Waals surface area contributed by atoms with Crippen LogP contribution in [0.25, 0.3) is 0 Å². The summed E-state index contributed by atoms with van der Waals surface area (Å²) in [6.07, 6.45) is 0. The van der Waals surface area contributed by atoms with E-state index in [-0.39, 0.29) is 17.7 Å². The standard InChI is InChI=1S/C19H16ClN3O3/c1-22-15-10-23(13-6-4-12(20)5-7-13)18(25)16(15)17(21-19(22)26)11-2-8-14(24)9-3-11/h2-9,17,24H,10H2,1H3,(H,21,26)/t17-/m1/s1. The van der Waals surface area contributed by atoms with E-state index in [1.165, 1.54) is 17.0 Å². The Balaban J connectivity index is 1.75. The number of carbonyl (C=O) groups excluding carboxylic acids is 2. The summed E-state index contributed by atoms with van der Waals surface area (Å²) in [5, 5.41) is 13.0. The van der Waals surface area contributed by atoms with Crippen LogP contribution < -0.4 is 10.2 Å². The number of phenols is 1. The highest BCUT2D eigenvalue weighted by atomic mass is 35.5. The van der Waals surface area contributed by atoms with E-state index in [0.29, 0.717) is 22.8 Å². The number of nitrogens with zero attached hydrogens (tertiary/aromatic N) is 2. The molecule has 2 heterocycles. The number of nitrogens with one attached hydrogen (secondary N) is 1. The Kier molecular flexibility index (Phi) is 3.85. The molecule has 2 N–H and O–H groups in total. The van der Waals surface area contributed by atoms with Crippen LogP contribution in [0.3, 0.4) is 0 Å². The lowest BCUT2D eigenvalue weighted by Gasteiger charge is -2.31. The zero-order valence-corrected chi connectivity index (χ0v) is 14.7. The lowest BCUT2D eigenvalue weighted by atomic mass is 9.95. The molecule has 0 saturated carbocycles. The van der Waals surface area contributed by atoms with Crippen LogP contribution in [-0.4, -0.2) is 35.5 Å². The fourth-order valence-electron chi connectivity index (χ4n) is 3.31. The second-order valence-corrected chi connectivity index (χ2v) is 6.70. The van der Waals surface area contributed by atoms with E-state index in [1.807, 2.05) is 0 Å². The van der Waals surface area contributed by atoms with Crippen molar-refractivity contribution in [3.63, 3.8) is 0 Å². The number of amides is 3. The molecule has 0 bridgehead atoms. The van der Waals surface area contributed by atoms with E-state index in [9.17, 15) is 14.7 Å². The minimum atomic E-state index is -0.556. The first-order valence-electron chi connectivity index (χ1n) is 8.09. The van der Waals surface area contributed by atoms with Gasteiger partial charge in [0.25, 0.3) is 5.91 Å². The van der Waals surface area contributed by atoms with Gasteiger partial charge < -0.3 is 15.3 Å². The second kappa shape index (κ2) is 6.07. The molecular weight excluding hydrogens is 354 g/mol. The molecule has 0 radical (unpaired) electrons. The van der Waals surface area contributed by atoms with E-state index in [4.69, 9.17) is 11.6 Å². The Labute approximate surface area is 155 Å². The first-order chi connectivity index (χ1) is 12.5. The smallest absolute Gasteiger partial charge is 0.322 e. The van der Waals surface area contributed by atoms with Gasteiger partial charge in [0.15, 0.2) is 0 Å². The number of aromatic hydroxyl groups is 1. The number of likely N-dealkylation sites (N-methyl/N-ethyl adjacent to an activating group) is 1. The molecule has 0 spiro atoms. The fourth-order valence-corrected chi connectivity index (χ4v) is 3.44. The van der Waals surface area contributed by atoms with Crippen LogP contribution in [-0.2, 0) is 4.79 Å². The molecule has 2 aliphatic heterocycles. The van der Waals surface area contributed by atoms with Gasteiger partial charge in [-0.25, -0.2) is 4.79 Å². The third-order valence-corrected chi connectivity index (χ3v) is 4.98. The molecule has 2 aromatic rings. The minimum Gasteiger partial charge on any atom is -0.508 e. The van der Waals surface area contributed by atoms with Gasteiger partial charge in [0.05, 0.1) is 23.9 Å². The summed E-state index contributed by atoms with van der Waals surface area (Å²) < 4.78 is 0. The van der Waals surface area contributed by atoms with E-state index in [0.717, 1.165) is 11.3 Å². The fraction of sp³-hybridized carbons (Fsp3) is 0.158. The molecule has 0 unspecified atom stereocenters. The molecule has 0 aromatic heterocycles. The van der Waals surface area contributed by atoms with Crippen LogP contribution in [0, 0.1) is 0 Å². The van der Waals surface area contributed by atoms with Gasteiger partial charge in [-0.1, -0.05) is 23.7 Å². The third-order valence-electron chi connectivity index (χ3n) is 4.73. The first-order valence-corrected chi connectivity index (χ1v) is 8.47. The van der Waals surface area contributed by atoms with Crippen molar-refractivity contribution in [1.82, 2.24) is 10.2 Å². The number of halogens is 1. The van der Waals surface area contributed by atoms with Crippen molar-refractivity contribution in [2.45, 2.75) is 6.04 Å². The number of carbonyl (C=O) groups is 2. The highest BCUT2D eigenvalue weighted by molar-refractivity contribution is 6.30. The van der Waals surface area contributed by atoms with Crippen molar-refractivity contribution in [1.29, 1.82) is 0 Å². The zero-order chi connectivity index (χ0) is 18.4. The van der Waals surface area contributed by atoms with Crippen LogP contribution in [0.5, 0.6) is 5.75 Å². The molecule has 3 amide bonds. The van der Waals surface area contributed by atoms with Crippen molar-refractivity contribution < 1.29 is 14.7 Å². The molecule has 2 aliphatic rings. The summed E-state index contributed by atoms with van der Waals surface area (Å²) in [6, 6.07) is 12.7. The summed E-state index contributed by atoms with van der Waals surface area (Å²) in [5.41, 5.74) is 2.67. The second-order valence-electron chi connectivity index (χ2n) is 6.26. The van der Waals surface area contributed by atoms with E-state index < -0.39 is 6.04 Å². The molecule has 1 atom stereocenters. The summed E-state index contributed by atoms with van der Waals surface area (Å²) >= 11 is 5.94. The molecule has 2 aromatic carbocycles. The molecule has 4 rings (SSSR count). The Bertz CT molecular complexity index is 922. The van der Waals surface area contributed by atoms with E-state index in [1.54, 1.807) is 48.3 Å². The van der Waals surface area contributed by atoms with E-state index in [2.05, 4.69) is 5.32 Å². The zero-order valence-electron chi connectivity index (χ0n) is 13.9. The van der Waals surface area contributed by atoms with Crippen molar-refractivity contribution in [2.24, 2.45) is 0 Å². The number of urea groups is 1. The van der Waals surface area contributed by atoms with Gasteiger partial charge in [-0.3, -0.25) is 9.69 Å². The lowest BCUT2D eigenvalue weighted by Crippen LogP contribution is -2.45. The van der Waals surface area contributed by atoms with Gasteiger partial charge >= 0.3 is 6.03 Å². The maximum absolute atomic E-state index is 13.1. The average Bonchev–Trinajstić information content (AvgIpc) is 2.97. The first kappa shape index (κ1) is 16.5. The van der Waals surface area contributed by atoms with Gasteiger partial charge in [-0.05, 0) is 42.0 Å². The predicted molar refractivity (Wildman–Crippen MR) is 98.0 cm³/mol. The highest BCUT2D eigenvalue weighted by Crippen LogP contribution is 2.38. The number of rotatable bonds is 2. The van der Waals surface area contributed by atoms with Gasteiger partial charge in [0.1, 0.15) is 5.75 Å². The van der Waals surface area contributed by atoms with Crippen LogP contribution >= 0.6 is 11.6 Å². The van der Waals surface area contributed by atoms with Crippen molar-refractivity contribution in [3.8, 4) is 5.75 Å². The number of hydrogen-bond acceptors (Lipinski definition) is 3. The third kappa shape index (κ3) is 2.59. The molecule has 0 fully saturated rings. The van der Waals surface area contributed by atoms with E-state index >= 15 is 0 Å². The Morgan fingerprint density at radius 1 is 1.08 bits per heavy atom. The van der Waals surface area contributed by atoms with Crippen LogP contribution in [0.15, 0.2) is 59.8 Å². The predicted octanol–water partition coefficient (Wildman–Crippen LogP) is 3.04. The Hall–Kier alpha value is -2.99. The largest absolute Gasteiger partial charge is 0.508 e. The maximum Gasteiger partial charge on any atom is 0.322 e. The summed E-state index contributed by atoms with van der Waals surface area (Å²) in [5.74, 6) is -0.0324. The highest BCUT2D eigenvalue weighted by Gasteiger charge is 2.43. The van der Waals surface area contributed by atoms with Crippen LogP contribution in [0.1, 0.15) is 11.6 Å². The number of hydrogen-bond donors (Lipinski definition) is 2. The van der Waals surface area contributed by atoms with Crippen LogP contribution in [0.4, 0.5) is 10.5 Å². The van der Waals surface area contributed by atoms with Gasteiger partial charge in [-0.15, -0.1) is 0 Å². The summed E-state index contributed by atoms with van der Waals surface area (Å²) in [7, 11) is 1.65. The molecule has 7 heteroatoms. The molecule has 0 saturated heterocycles. The van der Waals surface area contributed by atoms with Gasteiger partial charge in [0.2, 0.25) is 0 Å². The number of benzene rings is 2. The average molecular weight is 370 g/mol. The van der Waals surface area contributed by atoms with Crippen molar-refractivity contribution in [2.75, 3.05) is 18.5 Å². The van der Waals surface area contributed by atoms with Crippen molar-refractivity contribution >= 4 is 29.2 Å². The number of anilines is 1. The summed E-state index contributed by atoms with van der Waals surface area (Å²) in [6.45, 7) is 0.314. The monoisotopic (exact) mass is 369 g/mol. The van der Waals surface area contributed by atoms with Gasteiger partial charge in [-0.2, -0.15) is 0 Å². The minimum absolute atomic E-state index is 0.128. The SMILES string of the molecule is CN1C(=O)N[C@H](c2ccc(O)cc2)C2=C1CN(c1ccc(Cl)cc1)C2=O. The molecular formula is C19H16ClN3O3. The maximum atomic E-state index is 13.1. The number of phenolic OH excluding ortho intramolecular Hbond substituents is 1.